The molecule has 2 amide bonds. The number of fused-ring (bicyclic) bond motifs is 5. The highest BCUT2D eigenvalue weighted by Gasteiger charge is 2.59. The van der Waals surface area contributed by atoms with E-state index in [1.54, 1.807) is 12.1 Å². The van der Waals surface area contributed by atoms with Gasteiger partial charge in [-0.05, 0) is 43.2 Å². The number of anilines is 2. The molecular weight excluding hydrogens is 362 g/mol. The van der Waals surface area contributed by atoms with E-state index in [0.29, 0.717) is 31.6 Å². The predicted molar refractivity (Wildman–Crippen MR) is 101 cm³/mol. The summed E-state index contributed by atoms with van der Waals surface area (Å²) < 4.78 is 0. The highest BCUT2D eigenvalue weighted by atomic mass is 16.6. The minimum absolute atomic E-state index is 0.102. The van der Waals surface area contributed by atoms with Crippen molar-refractivity contribution in [3.8, 4) is 0 Å². The van der Waals surface area contributed by atoms with Crippen LogP contribution in [0, 0.1) is 33.8 Å². The van der Waals surface area contributed by atoms with Crippen LogP contribution < -0.4 is 9.80 Å². The Morgan fingerprint density at radius 1 is 1.04 bits per heavy atom. The van der Waals surface area contributed by atoms with E-state index in [9.17, 15) is 24.8 Å². The van der Waals surface area contributed by atoms with Crippen LogP contribution in [0.4, 0.5) is 17.1 Å². The maximum Gasteiger partial charge on any atom is 0.294 e. The van der Waals surface area contributed by atoms with E-state index < -0.39 is 4.92 Å². The molecule has 3 fully saturated rings. The van der Waals surface area contributed by atoms with Gasteiger partial charge in [-0.3, -0.25) is 19.7 Å². The standard InChI is InChI=1S/C20H21N3O5/c24-14-5-7-21(8-6-14)15-4-3-13(10-16(15)23(27)28)22-19(25)17-11-1-2-12(9-11)18(17)20(22)26/h1-4,10-12,14,17-18,24H,5-9H2/t11-,12-,17-,18+/m0/s1. The number of benzene rings is 1. The van der Waals surface area contributed by atoms with Gasteiger partial charge in [-0.25, -0.2) is 4.90 Å². The van der Waals surface area contributed by atoms with Crippen LogP contribution in [-0.2, 0) is 9.59 Å². The molecule has 5 rings (SSSR count). The maximum absolute atomic E-state index is 13.0. The van der Waals surface area contributed by atoms with E-state index in [2.05, 4.69) is 0 Å². The Balaban J connectivity index is 1.48. The number of aliphatic hydroxyl groups is 1. The second-order valence-corrected chi connectivity index (χ2v) is 8.16. The van der Waals surface area contributed by atoms with Gasteiger partial charge in [-0.1, -0.05) is 12.2 Å². The van der Waals surface area contributed by atoms with Crippen LogP contribution in [0.15, 0.2) is 30.4 Å². The fourth-order valence-electron chi connectivity index (χ4n) is 5.33. The molecule has 8 heteroatoms. The average Bonchev–Trinajstić information content (AvgIpc) is 3.36. The SMILES string of the molecule is O=C1[C@@H]2[C@H](C(=O)N1c1ccc(N3CCC(O)CC3)c([N+](=O)[O-])c1)[C@H]1C=C[C@H]2C1. The lowest BCUT2D eigenvalue weighted by molar-refractivity contribution is -0.384. The van der Waals surface area contributed by atoms with Gasteiger partial charge in [0, 0.05) is 19.2 Å². The first-order valence-corrected chi connectivity index (χ1v) is 9.73. The number of aliphatic hydroxyl groups excluding tert-OH is 1. The van der Waals surface area contributed by atoms with Crippen molar-refractivity contribution in [2.24, 2.45) is 23.7 Å². The van der Waals surface area contributed by atoms with E-state index in [0.717, 1.165) is 11.3 Å². The van der Waals surface area contributed by atoms with Crippen molar-refractivity contribution in [1.29, 1.82) is 0 Å². The van der Waals surface area contributed by atoms with Crippen molar-refractivity contribution in [3.05, 3.63) is 40.5 Å². The number of allylic oxidation sites excluding steroid dienone is 2. The van der Waals surface area contributed by atoms with Gasteiger partial charge in [0.05, 0.1) is 28.6 Å². The second-order valence-electron chi connectivity index (χ2n) is 8.16. The third kappa shape index (κ3) is 2.40. The van der Waals surface area contributed by atoms with Crippen molar-refractivity contribution in [2.45, 2.75) is 25.4 Å². The molecule has 2 saturated heterocycles. The number of amides is 2. The van der Waals surface area contributed by atoms with Crippen molar-refractivity contribution < 1.29 is 19.6 Å². The van der Waals surface area contributed by atoms with Crippen molar-refractivity contribution in [2.75, 3.05) is 22.9 Å². The molecule has 1 aromatic carbocycles. The minimum atomic E-state index is -0.471. The quantitative estimate of drug-likeness (QED) is 0.370. The van der Waals surface area contributed by atoms with E-state index in [-0.39, 0.29) is 53.0 Å². The summed E-state index contributed by atoms with van der Waals surface area (Å²) in [7, 11) is 0. The number of nitrogens with zero attached hydrogens (tertiary/aromatic N) is 3. The van der Waals surface area contributed by atoms with Gasteiger partial charge in [-0.2, -0.15) is 0 Å². The number of rotatable bonds is 3. The Kier molecular flexibility index (Phi) is 3.80. The second kappa shape index (κ2) is 6.13. The van der Waals surface area contributed by atoms with E-state index >= 15 is 0 Å². The fraction of sp³-hybridized carbons (Fsp3) is 0.500. The van der Waals surface area contributed by atoms with E-state index in [1.165, 1.54) is 6.07 Å². The summed E-state index contributed by atoms with van der Waals surface area (Å²) in [5.74, 6) is -0.935. The smallest absolute Gasteiger partial charge is 0.294 e. The lowest BCUT2D eigenvalue weighted by Crippen LogP contribution is -2.36. The van der Waals surface area contributed by atoms with Gasteiger partial charge in [0.25, 0.3) is 5.69 Å². The first-order chi connectivity index (χ1) is 13.5. The number of hydrogen-bond donors (Lipinski definition) is 1. The summed E-state index contributed by atoms with van der Waals surface area (Å²) in [5, 5.41) is 21.4. The lowest BCUT2D eigenvalue weighted by atomic mass is 9.85. The highest BCUT2D eigenvalue weighted by Crippen LogP contribution is 2.53. The Bertz CT molecular complexity index is 875. The molecule has 146 valence electrons. The molecule has 1 saturated carbocycles. The zero-order valence-electron chi connectivity index (χ0n) is 15.2. The molecular formula is C20H21N3O5. The molecule has 1 aromatic rings. The van der Waals surface area contributed by atoms with Gasteiger partial charge in [-0.15, -0.1) is 0 Å². The Morgan fingerprint density at radius 3 is 2.21 bits per heavy atom. The summed E-state index contributed by atoms with van der Waals surface area (Å²) in [6.45, 7) is 1.06. The minimum Gasteiger partial charge on any atom is -0.393 e. The highest BCUT2D eigenvalue weighted by molar-refractivity contribution is 6.23. The van der Waals surface area contributed by atoms with Crippen LogP contribution in [0.25, 0.3) is 0 Å². The zero-order valence-corrected chi connectivity index (χ0v) is 15.2. The number of piperidine rings is 1. The molecule has 4 aliphatic rings. The molecule has 2 bridgehead atoms. The number of carbonyl (C=O) groups excluding carboxylic acids is 2. The van der Waals surface area contributed by atoms with Gasteiger partial charge in [0.15, 0.2) is 0 Å². The summed E-state index contributed by atoms with van der Waals surface area (Å²) >= 11 is 0. The molecule has 0 radical (unpaired) electrons. The molecule has 0 aromatic heterocycles. The van der Waals surface area contributed by atoms with Gasteiger partial charge in [0.2, 0.25) is 11.8 Å². The van der Waals surface area contributed by atoms with Crippen molar-refractivity contribution in [1.82, 2.24) is 0 Å². The largest absolute Gasteiger partial charge is 0.393 e. The zero-order chi connectivity index (χ0) is 19.6. The van der Waals surface area contributed by atoms with Crippen LogP contribution in [0.5, 0.6) is 0 Å². The molecule has 2 aliphatic heterocycles. The number of imide groups is 1. The number of hydrogen-bond acceptors (Lipinski definition) is 6. The van der Waals surface area contributed by atoms with E-state index in [1.807, 2.05) is 17.1 Å². The molecule has 0 unspecified atom stereocenters. The molecule has 28 heavy (non-hydrogen) atoms. The normalized spacial score (nSPS) is 31.8. The molecule has 2 heterocycles. The van der Waals surface area contributed by atoms with Gasteiger partial charge < -0.3 is 10.0 Å². The molecule has 8 nitrogen and oxygen atoms in total. The van der Waals surface area contributed by atoms with Crippen molar-refractivity contribution in [3.63, 3.8) is 0 Å². The molecule has 4 atom stereocenters. The first kappa shape index (κ1) is 17.4. The molecule has 2 aliphatic carbocycles. The van der Waals surface area contributed by atoms with Gasteiger partial charge >= 0.3 is 0 Å². The average molecular weight is 383 g/mol. The number of nitro groups is 1. The topological polar surface area (TPSA) is 104 Å². The van der Waals surface area contributed by atoms with E-state index in [4.69, 9.17) is 0 Å². The van der Waals surface area contributed by atoms with Crippen LogP contribution in [0.3, 0.4) is 0 Å². The lowest BCUT2D eigenvalue weighted by Gasteiger charge is -2.31. The molecule has 1 N–H and O–H groups in total. The molecule has 0 spiro atoms. The first-order valence-electron chi connectivity index (χ1n) is 9.73. The predicted octanol–water partition coefficient (Wildman–Crippen LogP) is 1.87. The van der Waals surface area contributed by atoms with Crippen LogP contribution in [-0.4, -0.2) is 41.0 Å². The Hall–Kier alpha value is -2.74. The summed E-state index contributed by atoms with van der Waals surface area (Å²) in [4.78, 5) is 40.2. The third-order valence-electron chi connectivity index (χ3n) is 6.69. The monoisotopic (exact) mass is 383 g/mol. The summed E-state index contributed by atoms with van der Waals surface area (Å²) in [6, 6.07) is 4.58. The Labute approximate surface area is 161 Å². The summed E-state index contributed by atoms with van der Waals surface area (Å²) in [5.41, 5.74) is 0.616. The fourth-order valence-corrected chi connectivity index (χ4v) is 5.33. The maximum atomic E-state index is 13.0. The van der Waals surface area contributed by atoms with Gasteiger partial charge in [0.1, 0.15) is 5.69 Å². The Morgan fingerprint density at radius 2 is 1.64 bits per heavy atom. The third-order valence-corrected chi connectivity index (χ3v) is 6.69. The summed E-state index contributed by atoms with van der Waals surface area (Å²) in [6.07, 6.45) is 5.63. The van der Waals surface area contributed by atoms with Crippen LogP contribution >= 0.6 is 0 Å². The van der Waals surface area contributed by atoms with Crippen LogP contribution in [0.1, 0.15) is 19.3 Å². The van der Waals surface area contributed by atoms with Crippen LogP contribution in [0.2, 0.25) is 0 Å². The number of nitro benzene ring substituents is 1. The number of carbonyl (C=O) groups is 2. The van der Waals surface area contributed by atoms with Crippen molar-refractivity contribution >= 4 is 28.9 Å².